The number of aromatic nitrogens is 2. The van der Waals surface area contributed by atoms with Crippen LogP contribution in [0.2, 0.25) is 0 Å². The largest absolute Gasteiger partial charge is 0.485 e. The van der Waals surface area contributed by atoms with E-state index in [1.807, 2.05) is 0 Å². The van der Waals surface area contributed by atoms with Crippen LogP contribution in [-0.4, -0.2) is 36.6 Å². The lowest BCUT2D eigenvalue weighted by Crippen LogP contribution is -2.14. The molecular weight excluding hydrogens is 294 g/mol. The summed E-state index contributed by atoms with van der Waals surface area (Å²) in [5.41, 5.74) is 1.49. The van der Waals surface area contributed by atoms with Crippen LogP contribution in [0.5, 0.6) is 16.8 Å². The van der Waals surface area contributed by atoms with Crippen molar-refractivity contribution in [1.82, 2.24) is 9.36 Å². The molecule has 0 unspecified atom stereocenters. The normalized spacial score (nSPS) is 10.1. The Labute approximate surface area is 126 Å². The zero-order valence-corrected chi connectivity index (χ0v) is 12.9. The molecule has 2 rings (SSSR count). The summed E-state index contributed by atoms with van der Waals surface area (Å²) in [6.45, 7) is 1.78. The van der Waals surface area contributed by atoms with Crippen molar-refractivity contribution in [2.24, 2.45) is 0 Å². The Morgan fingerprint density at radius 3 is 2.52 bits per heavy atom. The molecule has 0 radical (unpaired) electrons. The minimum atomic E-state index is -0.368. The Morgan fingerprint density at radius 2 is 1.95 bits per heavy atom. The third kappa shape index (κ3) is 3.05. The summed E-state index contributed by atoms with van der Waals surface area (Å²) < 4.78 is 19.3. The molecule has 2 heterocycles. The van der Waals surface area contributed by atoms with Crippen molar-refractivity contribution in [3.8, 4) is 16.8 Å². The second kappa shape index (κ2) is 6.40. The van der Waals surface area contributed by atoms with Gasteiger partial charge in [-0.25, -0.2) is 4.98 Å². The topological polar surface area (TPSA) is 82.6 Å². The highest BCUT2D eigenvalue weighted by Crippen LogP contribution is 2.33. The van der Waals surface area contributed by atoms with E-state index in [0.717, 1.165) is 11.5 Å². The van der Waals surface area contributed by atoms with Gasteiger partial charge in [0.1, 0.15) is 0 Å². The van der Waals surface area contributed by atoms with E-state index in [-0.39, 0.29) is 17.4 Å². The number of hydrogen-bond acceptors (Lipinski definition) is 7. The van der Waals surface area contributed by atoms with Crippen molar-refractivity contribution >= 4 is 23.1 Å². The van der Waals surface area contributed by atoms with Crippen molar-refractivity contribution in [3.63, 3.8) is 0 Å². The Morgan fingerprint density at radius 1 is 1.19 bits per heavy atom. The molecular formula is C13H15N3O4S. The second-order valence-electron chi connectivity index (χ2n) is 4.00. The lowest BCUT2D eigenvalue weighted by Gasteiger charge is -2.09. The lowest BCUT2D eigenvalue weighted by molar-refractivity contribution is 0.102. The van der Waals surface area contributed by atoms with Gasteiger partial charge in [-0.15, -0.1) is 0 Å². The van der Waals surface area contributed by atoms with Crippen LogP contribution in [-0.2, 0) is 0 Å². The number of carbonyl (C=O) groups is 1. The molecule has 8 heteroatoms. The highest BCUT2D eigenvalue weighted by Gasteiger charge is 2.23. The van der Waals surface area contributed by atoms with Gasteiger partial charge in [0, 0.05) is 17.6 Å². The third-order valence-electron chi connectivity index (χ3n) is 2.75. The van der Waals surface area contributed by atoms with Gasteiger partial charge in [0.2, 0.25) is 16.8 Å². The molecule has 0 aliphatic heterocycles. The first kappa shape index (κ1) is 15.0. The molecule has 0 saturated carbocycles. The Kier molecular flexibility index (Phi) is 4.59. The maximum atomic E-state index is 12.4. The van der Waals surface area contributed by atoms with Crippen molar-refractivity contribution in [2.75, 3.05) is 26.6 Å². The van der Waals surface area contributed by atoms with Crippen molar-refractivity contribution < 1.29 is 19.0 Å². The fraction of sp³-hybridized carbons (Fsp3) is 0.308. The second-order valence-corrected chi connectivity index (χ2v) is 4.74. The smallest absolute Gasteiger partial charge is 0.266 e. The molecule has 0 aromatic carbocycles. The summed E-state index contributed by atoms with van der Waals surface area (Å²) in [7, 11) is 4.46. The summed E-state index contributed by atoms with van der Waals surface area (Å²) in [5, 5.41) is 3.16. The molecule has 7 nitrogen and oxygen atoms in total. The van der Waals surface area contributed by atoms with Gasteiger partial charge in [-0.2, -0.15) is 4.37 Å². The van der Waals surface area contributed by atoms with Gasteiger partial charge < -0.3 is 19.5 Å². The average Bonchev–Trinajstić information content (AvgIpc) is 2.92. The zero-order valence-electron chi connectivity index (χ0n) is 12.1. The van der Waals surface area contributed by atoms with Gasteiger partial charge >= 0.3 is 0 Å². The molecule has 0 fully saturated rings. The van der Waals surface area contributed by atoms with Gasteiger partial charge in [-0.3, -0.25) is 4.79 Å². The molecule has 0 atom stereocenters. The van der Waals surface area contributed by atoms with Crippen molar-refractivity contribution in [1.29, 1.82) is 0 Å². The quantitative estimate of drug-likeness (QED) is 0.911. The molecule has 21 heavy (non-hydrogen) atoms. The van der Waals surface area contributed by atoms with Crippen LogP contribution in [0.3, 0.4) is 0 Å². The van der Waals surface area contributed by atoms with Crippen LogP contribution in [0, 0.1) is 6.92 Å². The Balaban J connectivity index is 2.28. The van der Waals surface area contributed by atoms with E-state index >= 15 is 0 Å². The molecule has 0 aliphatic rings. The maximum Gasteiger partial charge on any atom is 0.266 e. The van der Waals surface area contributed by atoms with E-state index in [9.17, 15) is 4.79 Å². The number of ether oxygens (including phenoxy) is 3. The summed E-state index contributed by atoms with van der Waals surface area (Å²) in [6.07, 6.45) is 0. The standard InChI is InChI=1S/C13H15N3O4S/c1-7-8(5-6-9(14-7)18-2)15-11(17)10-12(19-3)16-21-13(10)20-4/h5-6H,1-4H3,(H,15,17). The molecule has 0 spiro atoms. The van der Waals surface area contributed by atoms with Gasteiger partial charge in [0.15, 0.2) is 5.56 Å². The van der Waals surface area contributed by atoms with Gasteiger partial charge in [-0.1, -0.05) is 0 Å². The Hall–Kier alpha value is -2.35. The first-order chi connectivity index (χ1) is 10.1. The van der Waals surface area contributed by atoms with Crippen LogP contribution >= 0.6 is 11.5 Å². The van der Waals surface area contributed by atoms with Crippen LogP contribution in [0.1, 0.15) is 16.1 Å². The summed E-state index contributed by atoms with van der Waals surface area (Å²) in [5.74, 6) is 0.346. The van der Waals surface area contributed by atoms with Crippen molar-refractivity contribution in [2.45, 2.75) is 6.92 Å². The van der Waals surface area contributed by atoms with Gasteiger partial charge in [0.25, 0.3) is 5.91 Å². The van der Waals surface area contributed by atoms with Crippen LogP contribution in [0.4, 0.5) is 5.69 Å². The number of nitrogens with one attached hydrogen (secondary N) is 1. The number of methoxy groups -OCH3 is 3. The fourth-order valence-corrected chi connectivity index (χ4v) is 2.38. The number of rotatable bonds is 5. The minimum absolute atomic E-state index is 0.230. The van der Waals surface area contributed by atoms with Crippen LogP contribution < -0.4 is 19.5 Å². The summed E-state index contributed by atoms with van der Waals surface area (Å²) >= 11 is 1.06. The molecule has 0 saturated heterocycles. The highest BCUT2D eigenvalue weighted by atomic mass is 32.1. The predicted molar refractivity (Wildman–Crippen MR) is 78.7 cm³/mol. The summed E-state index contributed by atoms with van der Waals surface area (Å²) in [4.78, 5) is 16.6. The van der Waals surface area contributed by atoms with E-state index in [0.29, 0.717) is 22.3 Å². The van der Waals surface area contributed by atoms with E-state index < -0.39 is 0 Å². The number of aryl methyl sites for hydroxylation is 1. The minimum Gasteiger partial charge on any atom is -0.485 e. The maximum absolute atomic E-state index is 12.4. The van der Waals surface area contributed by atoms with Gasteiger partial charge in [0.05, 0.1) is 32.7 Å². The molecule has 2 aromatic heterocycles. The number of nitrogens with zero attached hydrogens (tertiary/aromatic N) is 2. The molecule has 0 aliphatic carbocycles. The highest BCUT2D eigenvalue weighted by molar-refractivity contribution is 7.08. The predicted octanol–water partition coefficient (Wildman–Crippen LogP) is 2.12. The SMILES string of the molecule is COc1ccc(NC(=O)c2c(OC)nsc2OC)c(C)n1. The van der Waals surface area contributed by atoms with Crippen molar-refractivity contribution in [3.05, 3.63) is 23.4 Å². The molecule has 2 aromatic rings. The van der Waals surface area contributed by atoms with E-state index in [4.69, 9.17) is 14.2 Å². The number of carbonyl (C=O) groups excluding carboxylic acids is 1. The van der Waals surface area contributed by atoms with Crippen LogP contribution in [0.25, 0.3) is 0 Å². The zero-order chi connectivity index (χ0) is 15.4. The number of hydrogen-bond donors (Lipinski definition) is 1. The lowest BCUT2D eigenvalue weighted by atomic mass is 10.2. The molecule has 0 bridgehead atoms. The molecule has 1 amide bonds. The summed E-state index contributed by atoms with van der Waals surface area (Å²) in [6, 6.07) is 3.39. The number of pyridine rings is 1. The first-order valence-corrected chi connectivity index (χ1v) is 6.78. The third-order valence-corrected chi connectivity index (χ3v) is 3.55. The number of amides is 1. The molecule has 112 valence electrons. The van der Waals surface area contributed by atoms with E-state index in [1.54, 1.807) is 19.1 Å². The fourth-order valence-electron chi connectivity index (χ4n) is 1.70. The average molecular weight is 309 g/mol. The monoisotopic (exact) mass is 309 g/mol. The van der Waals surface area contributed by atoms with E-state index in [2.05, 4.69) is 14.7 Å². The van der Waals surface area contributed by atoms with Gasteiger partial charge in [-0.05, 0) is 13.0 Å². The number of anilines is 1. The molecule has 1 N–H and O–H groups in total. The van der Waals surface area contributed by atoms with Crippen LogP contribution in [0.15, 0.2) is 12.1 Å². The first-order valence-electron chi connectivity index (χ1n) is 6.01. The Bertz CT molecular complexity index is 635. The van der Waals surface area contributed by atoms with E-state index in [1.165, 1.54) is 21.3 Å².